The van der Waals surface area contributed by atoms with E-state index in [1.807, 2.05) is 0 Å². The normalized spacial score (nSPS) is 16.9. The summed E-state index contributed by atoms with van der Waals surface area (Å²) < 4.78 is 2.26. The number of nitrogens with zero attached hydrogens (tertiary/aromatic N) is 4. The van der Waals surface area contributed by atoms with Crippen molar-refractivity contribution in [2.75, 3.05) is 6.54 Å². The molecular formula is C26H27N5S. The van der Waals surface area contributed by atoms with Crippen LogP contribution in [0.1, 0.15) is 53.6 Å². The standard InChI is InChI=1S/C26H27N5S/c1-16(2)21-15-32-23(27-21)14-31-13-12-18-17-8-4-5-9-19(17)28-24(18)25(31)26-29-20-10-6-7-11-22(20)30(26)3/h4-11,15-16,25,28H,12-14H2,1-3H3/t25-/m1/s1. The molecule has 6 rings (SSSR count). The number of hydrogen-bond acceptors (Lipinski definition) is 4. The van der Waals surface area contributed by atoms with Gasteiger partial charge < -0.3 is 9.55 Å². The van der Waals surface area contributed by atoms with Crippen LogP contribution in [0, 0.1) is 0 Å². The quantitative estimate of drug-likeness (QED) is 0.384. The van der Waals surface area contributed by atoms with Gasteiger partial charge in [0.25, 0.3) is 0 Å². The molecule has 0 amide bonds. The maximum atomic E-state index is 5.11. The molecule has 4 heterocycles. The van der Waals surface area contributed by atoms with Crippen LogP contribution in [0.2, 0.25) is 0 Å². The number of hydrogen-bond donors (Lipinski definition) is 1. The fourth-order valence-electron chi connectivity index (χ4n) is 5.00. The van der Waals surface area contributed by atoms with Crippen molar-refractivity contribution < 1.29 is 0 Å². The topological polar surface area (TPSA) is 49.7 Å². The number of H-pyrrole nitrogens is 1. The Labute approximate surface area is 191 Å². The Hall–Kier alpha value is -2.96. The molecule has 0 saturated carbocycles. The van der Waals surface area contributed by atoms with Gasteiger partial charge in [0.2, 0.25) is 0 Å². The molecule has 5 nitrogen and oxygen atoms in total. The summed E-state index contributed by atoms with van der Waals surface area (Å²) in [7, 11) is 2.14. The Morgan fingerprint density at radius 2 is 1.91 bits per heavy atom. The molecule has 1 N–H and O–H groups in total. The Balaban J connectivity index is 1.50. The number of para-hydroxylation sites is 3. The lowest BCUT2D eigenvalue weighted by Gasteiger charge is -2.34. The van der Waals surface area contributed by atoms with Crippen LogP contribution in [-0.2, 0) is 20.0 Å². The summed E-state index contributed by atoms with van der Waals surface area (Å²) in [6, 6.07) is 17.1. The molecular weight excluding hydrogens is 414 g/mol. The third-order valence-corrected chi connectivity index (χ3v) is 7.55. The monoisotopic (exact) mass is 441 g/mol. The fourth-order valence-corrected chi connectivity index (χ4v) is 5.98. The summed E-state index contributed by atoms with van der Waals surface area (Å²) in [6.07, 6.45) is 1.03. The molecule has 162 valence electrons. The number of aryl methyl sites for hydroxylation is 1. The van der Waals surface area contributed by atoms with E-state index in [4.69, 9.17) is 9.97 Å². The van der Waals surface area contributed by atoms with Crippen LogP contribution in [0.25, 0.3) is 21.9 Å². The van der Waals surface area contributed by atoms with Gasteiger partial charge in [0.15, 0.2) is 0 Å². The number of rotatable bonds is 4. The molecule has 1 aliphatic heterocycles. The van der Waals surface area contributed by atoms with Crippen molar-refractivity contribution in [2.45, 2.75) is 38.8 Å². The van der Waals surface area contributed by atoms with Gasteiger partial charge in [-0.3, -0.25) is 4.90 Å². The number of fused-ring (bicyclic) bond motifs is 4. The summed E-state index contributed by atoms with van der Waals surface area (Å²) in [5.74, 6) is 1.54. The lowest BCUT2D eigenvalue weighted by Crippen LogP contribution is -2.37. The Morgan fingerprint density at radius 1 is 1.09 bits per heavy atom. The lowest BCUT2D eigenvalue weighted by molar-refractivity contribution is 0.192. The van der Waals surface area contributed by atoms with Crippen LogP contribution in [0.15, 0.2) is 53.9 Å². The first-order valence-electron chi connectivity index (χ1n) is 11.3. The van der Waals surface area contributed by atoms with Gasteiger partial charge in [-0.2, -0.15) is 0 Å². The van der Waals surface area contributed by atoms with Crippen molar-refractivity contribution >= 4 is 33.3 Å². The van der Waals surface area contributed by atoms with Crippen LogP contribution in [0.4, 0.5) is 0 Å². The van der Waals surface area contributed by atoms with E-state index in [0.29, 0.717) is 5.92 Å². The summed E-state index contributed by atoms with van der Waals surface area (Å²) in [6.45, 7) is 6.23. The summed E-state index contributed by atoms with van der Waals surface area (Å²) >= 11 is 1.77. The molecule has 0 spiro atoms. The number of thiazole rings is 1. The maximum absolute atomic E-state index is 5.11. The Kier molecular flexibility index (Phi) is 4.66. The zero-order valence-electron chi connectivity index (χ0n) is 18.7. The van der Waals surface area contributed by atoms with Crippen molar-refractivity contribution in [3.63, 3.8) is 0 Å². The van der Waals surface area contributed by atoms with E-state index >= 15 is 0 Å². The van der Waals surface area contributed by atoms with Crippen molar-refractivity contribution in [3.05, 3.63) is 81.7 Å². The minimum atomic E-state index is 0.0648. The summed E-state index contributed by atoms with van der Waals surface area (Å²) in [5, 5.41) is 4.72. The molecule has 0 radical (unpaired) electrons. The molecule has 0 unspecified atom stereocenters. The second kappa shape index (κ2) is 7.57. The van der Waals surface area contributed by atoms with Crippen molar-refractivity contribution in [3.8, 4) is 0 Å². The van der Waals surface area contributed by atoms with Gasteiger partial charge in [-0.05, 0) is 36.1 Å². The van der Waals surface area contributed by atoms with E-state index < -0.39 is 0 Å². The number of aromatic nitrogens is 4. The van der Waals surface area contributed by atoms with Gasteiger partial charge in [0.1, 0.15) is 16.9 Å². The van der Waals surface area contributed by atoms with Crippen molar-refractivity contribution in [1.82, 2.24) is 24.4 Å². The molecule has 5 aromatic rings. The highest BCUT2D eigenvalue weighted by molar-refractivity contribution is 7.09. The zero-order chi connectivity index (χ0) is 21.8. The third-order valence-electron chi connectivity index (χ3n) is 6.70. The highest BCUT2D eigenvalue weighted by Crippen LogP contribution is 2.39. The number of imidazole rings is 1. The summed E-state index contributed by atoms with van der Waals surface area (Å²) in [4.78, 5) is 16.4. The van der Waals surface area contributed by atoms with E-state index in [-0.39, 0.29) is 6.04 Å². The van der Waals surface area contributed by atoms with Gasteiger partial charge in [-0.15, -0.1) is 11.3 Å². The largest absolute Gasteiger partial charge is 0.356 e. The second-order valence-corrected chi connectivity index (χ2v) is 9.97. The van der Waals surface area contributed by atoms with E-state index in [9.17, 15) is 0 Å². The smallest absolute Gasteiger partial charge is 0.133 e. The van der Waals surface area contributed by atoms with Crippen LogP contribution in [0.5, 0.6) is 0 Å². The molecule has 0 saturated heterocycles. The molecule has 1 atom stereocenters. The highest BCUT2D eigenvalue weighted by Gasteiger charge is 2.35. The number of benzene rings is 2. The fraction of sp³-hybridized carbons (Fsp3) is 0.308. The highest BCUT2D eigenvalue weighted by atomic mass is 32.1. The first-order valence-corrected chi connectivity index (χ1v) is 12.2. The Morgan fingerprint density at radius 3 is 2.72 bits per heavy atom. The minimum absolute atomic E-state index is 0.0648. The van der Waals surface area contributed by atoms with Gasteiger partial charge in [0, 0.05) is 35.6 Å². The van der Waals surface area contributed by atoms with Crippen LogP contribution in [-0.4, -0.2) is 31.0 Å². The first-order chi connectivity index (χ1) is 15.6. The first kappa shape index (κ1) is 19.7. The van der Waals surface area contributed by atoms with Crippen LogP contribution < -0.4 is 0 Å². The second-order valence-electron chi connectivity index (χ2n) is 9.02. The maximum Gasteiger partial charge on any atom is 0.133 e. The van der Waals surface area contributed by atoms with Gasteiger partial charge in [-0.25, -0.2) is 9.97 Å². The molecule has 0 fully saturated rings. The van der Waals surface area contributed by atoms with Gasteiger partial charge in [0.05, 0.1) is 23.3 Å². The number of nitrogens with one attached hydrogen (secondary N) is 1. The zero-order valence-corrected chi connectivity index (χ0v) is 19.5. The van der Waals surface area contributed by atoms with E-state index in [0.717, 1.165) is 30.9 Å². The molecule has 1 aliphatic rings. The van der Waals surface area contributed by atoms with Crippen molar-refractivity contribution in [1.29, 1.82) is 0 Å². The predicted octanol–water partition coefficient (Wildman–Crippen LogP) is 5.78. The average Bonchev–Trinajstić information content (AvgIpc) is 3.50. The number of aromatic amines is 1. The molecule has 6 heteroatoms. The average molecular weight is 442 g/mol. The molecule has 3 aromatic heterocycles. The van der Waals surface area contributed by atoms with E-state index in [1.165, 1.54) is 38.4 Å². The van der Waals surface area contributed by atoms with Crippen LogP contribution >= 0.6 is 11.3 Å². The van der Waals surface area contributed by atoms with E-state index in [2.05, 4.69) is 89.3 Å². The molecule has 2 aromatic carbocycles. The molecule has 32 heavy (non-hydrogen) atoms. The minimum Gasteiger partial charge on any atom is -0.356 e. The molecule has 0 aliphatic carbocycles. The summed E-state index contributed by atoms with van der Waals surface area (Å²) in [5.41, 5.74) is 7.31. The third kappa shape index (κ3) is 3.09. The Bertz CT molecular complexity index is 1420. The molecule has 0 bridgehead atoms. The van der Waals surface area contributed by atoms with Crippen molar-refractivity contribution in [2.24, 2.45) is 7.05 Å². The van der Waals surface area contributed by atoms with E-state index in [1.54, 1.807) is 11.3 Å². The SMILES string of the molecule is CC(C)c1csc(CN2CCc3c([nH]c4ccccc34)[C@@H]2c2nc3ccccc3n2C)n1. The predicted molar refractivity (Wildman–Crippen MR) is 131 cm³/mol. The van der Waals surface area contributed by atoms with Gasteiger partial charge >= 0.3 is 0 Å². The van der Waals surface area contributed by atoms with Crippen LogP contribution in [0.3, 0.4) is 0 Å². The van der Waals surface area contributed by atoms with Gasteiger partial charge in [-0.1, -0.05) is 44.2 Å². The lowest BCUT2D eigenvalue weighted by atomic mass is 9.96.